The molecule has 1 aliphatic heterocycles. The number of amides is 1. The summed E-state index contributed by atoms with van der Waals surface area (Å²) in [7, 11) is -2.45. The second kappa shape index (κ2) is 8.76. The van der Waals surface area contributed by atoms with E-state index in [1.165, 1.54) is 4.90 Å². The number of hydrogen-bond donors (Lipinski definition) is 2. The van der Waals surface area contributed by atoms with E-state index in [0.717, 1.165) is 16.7 Å². The third-order valence-corrected chi connectivity index (χ3v) is 6.53. The van der Waals surface area contributed by atoms with Crippen molar-refractivity contribution in [2.75, 3.05) is 12.8 Å². The molecular weight excluding hydrogens is 440 g/mol. The fourth-order valence-electron chi connectivity index (χ4n) is 4.05. The Morgan fingerprint density at radius 3 is 2.36 bits per heavy atom. The minimum absolute atomic E-state index is 0.114. The molecule has 2 aromatic carbocycles. The van der Waals surface area contributed by atoms with Gasteiger partial charge in [-0.25, -0.2) is 4.99 Å². The van der Waals surface area contributed by atoms with Crippen LogP contribution in [-0.2, 0) is 26.9 Å². The molecule has 0 radical (unpaired) electrons. The highest BCUT2D eigenvalue weighted by molar-refractivity contribution is 7.85. The van der Waals surface area contributed by atoms with Gasteiger partial charge in [-0.1, -0.05) is 48.5 Å². The van der Waals surface area contributed by atoms with Crippen LogP contribution in [0.25, 0.3) is 11.1 Å². The number of carbonyl (C=O) groups excluding carboxylic acids is 1. The molecule has 8 nitrogen and oxygen atoms in total. The SMILES string of the molecule is CN1C(=O)C(c2cccc(CCCS(=O)(=O)O)c2)(c2cccc(-c3cccnc3)c2)N=C1N. The third kappa shape index (κ3) is 4.50. The second-order valence-electron chi connectivity index (χ2n) is 7.96. The number of aliphatic imine (C=N–C) groups is 1. The molecule has 3 N–H and O–H groups in total. The number of aryl methyl sites for hydroxylation is 1. The minimum atomic E-state index is -4.03. The van der Waals surface area contributed by atoms with Gasteiger partial charge < -0.3 is 5.73 Å². The molecule has 1 aliphatic rings. The lowest BCUT2D eigenvalue weighted by atomic mass is 9.81. The molecule has 0 saturated carbocycles. The summed E-state index contributed by atoms with van der Waals surface area (Å²) < 4.78 is 31.1. The number of guanidine groups is 1. The maximum atomic E-state index is 13.5. The number of benzene rings is 2. The van der Waals surface area contributed by atoms with E-state index in [1.807, 2.05) is 60.7 Å². The van der Waals surface area contributed by atoms with E-state index in [9.17, 15) is 13.2 Å². The van der Waals surface area contributed by atoms with E-state index in [-0.39, 0.29) is 24.0 Å². The lowest BCUT2D eigenvalue weighted by molar-refractivity contribution is -0.129. The number of nitrogens with zero attached hydrogens (tertiary/aromatic N) is 3. The van der Waals surface area contributed by atoms with Gasteiger partial charge in [0.2, 0.25) is 0 Å². The third-order valence-electron chi connectivity index (χ3n) is 5.73. The van der Waals surface area contributed by atoms with Gasteiger partial charge in [-0.05, 0) is 52.8 Å². The van der Waals surface area contributed by atoms with Gasteiger partial charge in [0.05, 0.1) is 5.75 Å². The average molecular weight is 465 g/mol. The summed E-state index contributed by atoms with van der Waals surface area (Å²) in [5.41, 5.74) is 8.64. The van der Waals surface area contributed by atoms with E-state index in [0.29, 0.717) is 17.5 Å². The highest BCUT2D eigenvalue weighted by Gasteiger charge is 2.49. The molecule has 1 atom stereocenters. The Morgan fingerprint density at radius 1 is 1.03 bits per heavy atom. The molecule has 33 heavy (non-hydrogen) atoms. The summed E-state index contributed by atoms with van der Waals surface area (Å²) >= 11 is 0. The molecule has 0 aliphatic carbocycles. The van der Waals surface area contributed by atoms with Crippen molar-refractivity contribution in [2.45, 2.75) is 18.4 Å². The summed E-state index contributed by atoms with van der Waals surface area (Å²) in [4.78, 5) is 23.7. The highest BCUT2D eigenvalue weighted by atomic mass is 32.2. The zero-order chi connectivity index (χ0) is 23.6. The number of aromatic nitrogens is 1. The number of hydrogen-bond acceptors (Lipinski definition) is 6. The quantitative estimate of drug-likeness (QED) is 0.518. The Kier molecular flexibility index (Phi) is 6.01. The van der Waals surface area contributed by atoms with Crippen LogP contribution in [0.3, 0.4) is 0 Å². The standard InChI is InChI=1S/C24H24N4O4S/c1-28-22(29)24(27-23(28)25,20-10-2-6-17(14-20)7-5-13-33(30,31)32)21-11-3-8-18(15-21)19-9-4-12-26-16-19/h2-4,6,8-12,14-16H,5,7,13H2,1H3,(H2,25,27)(H,30,31,32). The van der Waals surface area contributed by atoms with E-state index in [2.05, 4.69) is 9.98 Å². The van der Waals surface area contributed by atoms with Crippen molar-refractivity contribution in [1.82, 2.24) is 9.88 Å². The zero-order valence-corrected chi connectivity index (χ0v) is 18.9. The summed E-state index contributed by atoms with van der Waals surface area (Å²) in [6.45, 7) is 0. The molecule has 4 rings (SSSR count). The van der Waals surface area contributed by atoms with Crippen LogP contribution in [0.5, 0.6) is 0 Å². The topological polar surface area (TPSA) is 126 Å². The fourth-order valence-corrected chi connectivity index (χ4v) is 4.56. The molecule has 1 aromatic heterocycles. The zero-order valence-electron chi connectivity index (χ0n) is 18.0. The normalized spacial score (nSPS) is 18.4. The predicted molar refractivity (Wildman–Crippen MR) is 126 cm³/mol. The van der Waals surface area contributed by atoms with Crippen LogP contribution < -0.4 is 5.73 Å². The van der Waals surface area contributed by atoms with E-state index in [1.54, 1.807) is 19.4 Å². The van der Waals surface area contributed by atoms with Crippen molar-refractivity contribution in [3.63, 3.8) is 0 Å². The second-order valence-corrected chi connectivity index (χ2v) is 9.53. The molecule has 170 valence electrons. The van der Waals surface area contributed by atoms with Crippen molar-refractivity contribution >= 4 is 22.0 Å². The largest absolute Gasteiger partial charge is 0.369 e. The van der Waals surface area contributed by atoms with Gasteiger partial charge in [-0.3, -0.25) is 19.2 Å². The summed E-state index contributed by atoms with van der Waals surface area (Å²) in [5, 5.41) is 0. The molecule has 0 saturated heterocycles. The number of carbonyl (C=O) groups is 1. The number of likely N-dealkylation sites (N-methyl/N-ethyl adjacent to an activating group) is 1. The van der Waals surface area contributed by atoms with Crippen LogP contribution in [0.4, 0.5) is 0 Å². The monoisotopic (exact) mass is 464 g/mol. The highest BCUT2D eigenvalue weighted by Crippen LogP contribution is 2.40. The lowest BCUT2D eigenvalue weighted by Gasteiger charge is -2.27. The van der Waals surface area contributed by atoms with Gasteiger partial charge in [0.25, 0.3) is 16.0 Å². The first-order valence-electron chi connectivity index (χ1n) is 10.4. The van der Waals surface area contributed by atoms with Gasteiger partial charge in [0, 0.05) is 19.4 Å². The van der Waals surface area contributed by atoms with Crippen LogP contribution in [-0.4, -0.2) is 47.5 Å². The number of pyridine rings is 1. The number of rotatable bonds is 7. The first-order valence-corrected chi connectivity index (χ1v) is 12.0. The molecule has 0 bridgehead atoms. The van der Waals surface area contributed by atoms with Crippen molar-refractivity contribution in [2.24, 2.45) is 10.7 Å². The molecule has 0 spiro atoms. The minimum Gasteiger partial charge on any atom is -0.369 e. The maximum Gasteiger partial charge on any atom is 0.266 e. The van der Waals surface area contributed by atoms with Crippen LogP contribution in [0.1, 0.15) is 23.1 Å². The Balaban J connectivity index is 1.80. The van der Waals surface area contributed by atoms with Gasteiger partial charge in [-0.15, -0.1) is 0 Å². The van der Waals surface area contributed by atoms with Gasteiger partial charge in [0.1, 0.15) is 0 Å². The summed E-state index contributed by atoms with van der Waals surface area (Å²) in [5.74, 6) is -0.496. The van der Waals surface area contributed by atoms with Crippen LogP contribution >= 0.6 is 0 Å². The molecule has 1 amide bonds. The Labute approximate surface area is 192 Å². The van der Waals surface area contributed by atoms with Crippen LogP contribution in [0.2, 0.25) is 0 Å². The molecule has 1 unspecified atom stereocenters. The van der Waals surface area contributed by atoms with E-state index < -0.39 is 15.7 Å². The van der Waals surface area contributed by atoms with E-state index >= 15 is 0 Å². The lowest BCUT2D eigenvalue weighted by Crippen LogP contribution is -2.41. The molecule has 2 heterocycles. The van der Waals surface area contributed by atoms with Gasteiger partial charge in [-0.2, -0.15) is 8.42 Å². The smallest absolute Gasteiger partial charge is 0.266 e. The van der Waals surface area contributed by atoms with Crippen molar-refractivity contribution < 1.29 is 17.8 Å². The van der Waals surface area contributed by atoms with Crippen LogP contribution in [0, 0.1) is 0 Å². The van der Waals surface area contributed by atoms with Gasteiger partial charge in [0.15, 0.2) is 11.5 Å². The fraction of sp³-hybridized carbons (Fsp3) is 0.208. The summed E-state index contributed by atoms with van der Waals surface area (Å²) in [6.07, 6.45) is 4.12. The van der Waals surface area contributed by atoms with Crippen molar-refractivity contribution in [1.29, 1.82) is 0 Å². The molecular formula is C24H24N4O4S. The first kappa shape index (κ1) is 22.6. The Morgan fingerprint density at radius 2 is 1.73 bits per heavy atom. The Bertz CT molecular complexity index is 1330. The van der Waals surface area contributed by atoms with Crippen molar-refractivity contribution in [3.8, 4) is 11.1 Å². The Hall–Kier alpha value is -3.56. The van der Waals surface area contributed by atoms with Crippen molar-refractivity contribution in [3.05, 3.63) is 89.7 Å². The maximum absolute atomic E-state index is 13.5. The number of nitrogens with two attached hydrogens (primary N) is 1. The van der Waals surface area contributed by atoms with Gasteiger partial charge >= 0.3 is 0 Å². The molecule has 9 heteroatoms. The summed E-state index contributed by atoms with van der Waals surface area (Å²) in [6, 6.07) is 18.7. The van der Waals surface area contributed by atoms with Crippen LogP contribution in [0.15, 0.2) is 78.0 Å². The predicted octanol–water partition coefficient (Wildman–Crippen LogP) is 2.60. The molecule has 0 fully saturated rings. The van der Waals surface area contributed by atoms with E-state index in [4.69, 9.17) is 10.3 Å². The average Bonchev–Trinajstić information content (AvgIpc) is 3.04. The first-order chi connectivity index (χ1) is 15.7. The molecule has 3 aromatic rings.